The molecule has 0 amide bonds. The van der Waals surface area contributed by atoms with E-state index >= 15 is 0 Å². The number of para-hydroxylation sites is 1. The van der Waals surface area contributed by atoms with Crippen LogP contribution in [0.1, 0.15) is 1.43 Å². The molecule has 0 unspecified atom stereocenters. The summed E-state index contributed by atoms with van der Waals surface area (Å²) in [4.78, 5) is 0. The standard InChI is InChI=1S/C8H8O.K.H/c1-2-9-8-6-4-3-5-7-8;;/h2-7H,1H2;;/q;+1;-1. The van der Waals surface area contributed by atoms with Crippen LogP contribution in [0.3, 0.4) is 0 Å². The van der Waals surface area contributed by atoms with Crippen LogP contribution in [-0.4, -0.2) is 0 Å². The van der Waals surface area contributed by atoms with Crippen molar-refractivity contribution in [3.05, 3.63) is 43.2 Å². The van der Waals surface area contributed by atoms with Crippen molar-refractivity contribution in [3.8, 4) is 5.75 Å². The van der Waals surface area contributed by atoms with Gasteiger partial charge in [-0.05, 0) is 12.1 Å². The Hall–Kier alpha value is 0.396. The summed E-state index contributed by atoms with van der Waals surface area (Å²) in [6.07, 6.45) is 1.41. The third kappa shape index (κ3) is 3.54. The molecule has 0 spiro atoms. The third-order valence-electron chi connectivity index (χ3n) is 0.963. The van der Waals surface area contributed by atoms with Crippen molar-refractivity contribution in [2.24, 2.45) is 0 Å². The zero-order chi connectivity index (χ0) is 6.53. The quantitative estimate of drug-likeness (QED) is 0.412. The van der Waals surface area contributed by atoms with Gasteiger partial charge >= 0.3 is 51.4 Å². The Labute approximate surface area is 105 Å². The molecule has 48 valence electrons. The predicted octanol–water partition coefficient (Wildman–Crippen LogP) is -0.675. The van der Waals surface area contributed by atoms with E-state index in [0.717, 1.165) is 5.75 Å². The van der Waals surface area contributed by atoms with Crippen molar-refractivity contribution in [2.75, 3.05) is 0 Å². The van der Waals surface area contributed by atoms with E-state index in [1.807, 2.05) is 30.3 Å². The van der Waals surface area contributed by atoms with Gasteiger partial charge in [0.15, 0.2) is 0 Å². The molecule has 0 N–H and O–H groups in total. The monoisotopic (exact) mass is 160 g/mol. The molecule has 1 aromatic rings. The van der Waals surface area contributed by atoms with E-state index < -0.39 is 0 Å². The fourth-order valence-electron chi connectivity index (χ4n) is 0.595. The first-order valence-electron chi connectivity index (χ1n) is 2.76. The zero-order valence-corrected chi connectivity index (χ0v) is 9.20. The van der Waals surface area contributed by atoms with Crippen molar-refractivity contribution in [3.63, 3.8) is 0 Å². The van der Waals surface area contributed by atoms with E-state index in [0.29, 0.717) is 0 Å². The molecule has 0 aromatic heterocycles. The van der Waals surface area contributed by atoms with E-state index in [1.54, 1.807) is 0 Å². The number of hydrogen-bond acceptors (Lipinski definition) is 1. The summed E-state index contributed by atoms with van der Waals surface area (Å²) in [5.74, 6) is 0.826. The first-order chi connectivity index (χ1) is 4.43. The molecule has 0 aliphatic rings. The van der Waals surface area contributed by atoms with Crippen LogP contribution in [0.15, 0.2) is 43.2 Å². The summed E-state index contributed by atoms with van der Waals surface area (Å²) in [6, 6.07) is 9.52. The van der Waals surface area contributed by atoms with Crippen LogP contribution in [0.2, 0.25) is 0 Å². The summed E-state index contributed by atoms with van der Waals surface area (Å²) in [5, 5.41) is 0. The van der Waals surface area contributed by atoms with Gasteiger partial charge in [-0.2, -0.15) is 0 Å². The molecule has 2 heteroatoms. The van der Waals surface area contributed by atoms with Gasteiger partial charge in [0.05, 0.1) is 6.26 Å². The molecule has 0 fully saturated rings. The normalized spacial score (nSPS) is 7.60. The molecule has 0 bridgehead atoms. The Morgan fingerprint density at radius 3 is 2.40 bits per heavy atom. The molecule has 0 saturated heterocycles. The molecule has 0 saturated carbocycles. The minimum Gasteiger partial charge on any atom is -1.00 e. The van der Waals surface area contributed by atoms with E-state index in [4.69, 9.17) is 4.74 Å². The molecule has 0 radical (unpaired) electrons. The number of hydrogen-bond donors (Lipinski definition) is 0. The second-order valence-electron chi connectivity index (χ2n) is 1.60. The summed E-state index contributed by atoms with van der Waals surface area (Å²) in [6.45, 7) is 3.43. The third-order valence-corrected chi connectivity index (χ3v) is 0.963. The van der Waals surface area contributed by atoms with Crippen molar-refractivity contribution < 1.29 is 57.5 Å². The van der Waals surface area contributed by atoms with Crippen LogP contribution >= 0.6 is 0 Å². The van der Waals surface area contributed by atoms with Gasteiger partial charge in [-0.1, -0.05) is 24.8 Å². The maximum Gasteiger partial charge on any atom is 1.00 e. The maximum absolute atomic E-state index is 4.97. The summed E-state index contributed by atoms with van der Waals surface area (Å²) in [7, 11) is 0. The SMILES string of the molecule is C=COc1ccccc1.[H-].[K+]. The molecule has 0 aliphatic heterocycles. The molecular weight excluding hydrogens is 151 g/mol. The Morgan fingerprint density at radius 1 is 1.30 bits per heavy atom. The minimum absolute atomic E-state index is 0. The van der Waals surface area contributed by atoms with Gasteiger partial charge in [-0.25, -0.2) is 0 Å². The second kappa shape index (κ2) is 6.13. The average Bonchev–Trinajstić information content (AvgIpc) is 1.91. The molecule has 0 aliphatic carbocycles. The Bertz CT molecular complexity index is 189. The Kier molecular flexibility index (Phi) is 6.37. The van der Waals surface area contributed by atoms with Gasteiger partial charge in [0.25, 0.3) is 0 Å². The first kappa shape index (κ1) is 10.4. The zero-order valence-electron chi connectivity index (χ0n) is 7.08. The largest absolute Gasteiger partial charge is 1.00 e. The maximum atomic E-state index is 4.97. The molecule has 1 aromatic carbocycles. The van der Waals surface area contributed by atoms with Crippen LogP contribution in [0.25, 0.3) is 0 Å². The molecule has 10 heavy (non-hydrogen) atoms. The number of rotatable bonds is 2. The number of ether oxygens (including phenoxy) is 1. The average molecular weight is 160 g/mol. The summed E-state index contributed by atoms with van der Waals surface area (Å²) >= 11 is 0. The molecule has 1 nitrogen and oxygen atoms in total. The minimum atomic E-state index is 0. The molecule has 0 heterocycles. The van der Waals surface area contributed by atoms with E-state index in [2.05, 4.69) is 6.58 Å². The van der Waals surface area contributed by atoms with Crippen LogP contribution in [-0.2, 0) is 0 Å². The van der Waals surface area contributed by atoms with Crippen molar-refractivity contribution in [1.29, 1.82) is 0 Å². The fourth-order valence-corrected chi connectivity index (χ4v) is 0.595. The topological polar surface area (TPSA) is 9.23 Å². The van der Waals surface area contributed by atoms with Crippen molar-refractivity contribution >= 4 is 0 Å². The van der Waals surface area contributed by atoms with Crippen molar-refractivity contribution in [1.82, 2.24) is 0 Å². The van der Waals surface area contributed by atoms with Gasteiger partial charge in [0.1, 0.15) is 5.75 Å². The van der Waals surface area contributed by atoms with Gasteiger partial charge < -0.3 is 6.16 Å². The first-order valence-corrected chi connectivity index (χ1v) is 2.76. The fraction of sp³-hybridized carbons (Fsp3) is 0. The molecular formula is C8H9KO. The van der Waals surface area contributed by atoms with Crippen LogP contribution in [0, 0.1) is 0 Å². The van der Waals surface area contributed by atoms with Gasteiger partial charge in [0.2, 0.25) is 0 Å². The van der Waals surface area contributed by atoms with E-state index in [-0.39, 0.29) is 52.8 Å². The summed E-state index contributed by atoms with van der Waals surface area (Å²) in [5.41, 5.74) is 0. The van der Waals surface area contributed by atoms with Crippen molar-refractivity contribution in [2.45, 2.75) is 0 Å². The molecule has 1 rings (SSSR count). The summed E-state index contributed by atoms with van der Waals surface area (Å²) < 4.78 is 4.97. The number of benzene rings is 1. The Morgan fingerprint density at radius 2 is 1.90 bits per heavy atom. The van der Waals surface area contributed by atoms with Gasteiger partial charge in [-0.15, -0.1) is 0 Å². The van der Waals surface area contributed by atoms with Crippen LogP contribution in [0.4, 0.5) is 0 Å². The van der Waals surface area contributed by atoms with Gasteiger partial charge in [-0.3, -0.25) is 0 Å². The van der Waals surface area contributed by atoms with Crippen LogP contribution in [0.5, 0.6) is 5.75 Å². The van der Waals surface area contributed by atoms with E-state index in [1.165, 1.54) is 6.26 Å². The smallest absolute Gasteiger partial charge is 1.00 e. The second-order valence-corrected chi connectivity index (χ2v) is 1.60. The van der Waals surface area contributed by atoms with E-state index in [9.17, 15) is 0 Å². The van der Waals surface area contributed by atoms with Gasteiger partial charge in [0, 0.05) is 0 Å². The molecule has 0 atom stereocenters. The Balaban J connectivity index is 0. The van der Waals surface area contributed by atoms with Crippen LogP contribution < -0.4 is 56.1 Å². The predicted molar refractivity (Wildman–Crippen MR) is 38.4 cm³/mol.